The van der Waals surface area contributed by atoms with Crippen molar-refractivity contribution < 1.29 is 23.8 Å². The summed E-state index contributed by atoms with van der Waals surface area (Å²) in [7, 11) is 1.59. The highest BCUT2D eigenvalue weighted by Gasteiger charge is 2.32. The molecule has 1 atom stereocenters. The van der Waals surface area contributed by atoms with Gasteiger partial charge in [-0.25, -0.2) is 0 Å². The van der Waals surface area contributed by atoms with Crippen molar-refractivity contribution >= 4 is 11.8 Å². The molecular weight excluding hydrogens is 348 g/mol. The first kappa shape index (κ1) is 19.6. The van der Waals surface area contributed by atoms with E-state index in [9.17, 15) is 9.59 Å². The van der Waals surface area contributed by atoms with Crippen molar-refractivity contribution in [3.63, 3.8) is 0 Å². The lowest BCUT2D eigenvalue weighted by molar-refractivity contribution is -0.141. The number of hydrogen-bond donors (Lipinski definition) is 1. The molecule has 1 saturated heterocycles. The van der Waals surface area contributed by atoms with E-state index in [1.165, 1.54) is 0 Å². The van der Waals surface area contributed by atoms with E-state index in [1.54, 1.807) is 13.2 Å². The summed E-state index contributed by atoms with van der Waals surface area (Å²) < 4.78 is 16.2. The second kappa shape index (κ2) is 9.19. The Hall–Kier alpha value is -2.12. The Bertz CT molecular complexity index is 672. The second-order valence-electron chi connectivity index (χ2n) is 7.08. The number of methoxy groups -OCH3 is 1. The average molecular weight is 376 g/mol. The van der Waals surface area contributed by atoms with Gasteiger partial charge in [0.1, 0.15) is 12.4 Å². The minimum absolute atomic E-state index is 0.00303. The van der Waals surface area contributed by atoms with E-state index < -0.39 is 0 Å². The smallest absolute Gasteiger partial charge is 0.251 e. The number of carbonyl (C=O) groups is 2. The van der Waals surface area contributed by atoms with Gasteiger partial charge in [0.05, 0.1) is 12.6 Å². The molecule has 1 fully saturated rings. The average Bonchev–Trinajstić information content (AvgIpc) is 2.86. The molecule has 0 unspecified atom stereocenters. The van der Waals surface area contributed by atoms with Crippen LogP contribution in [0, 0.1) is 5.92 Å². The van der Waals surface area contributed by atoms with Crippen molar-refractivity contribution in [2.24, 2.45) is 5.92 Å². The van der Waals surface area contributed by atoms with Crippen LogP contribution in [0.3, 0.4) is 0 Å². The van der Waals surface area contributed by atoms with Crippen molar-refractivity contribution in [3.8, 4) is 5.75 Å². The van der Waals surface area contributed by atoms with Crippen molar-refractivity contribution in [1.82, 2.24) is 10.2 Å². The molecule has 2 aliphatic rings. The van der Waals surface area contributed by atoms with E-state index in [0.717, 1.165) is 24.2 Å². The molecule has 0 saturated carbocycles. The first-order valence-corrected chi connectivity index (χ1v) is 9.51. The van der Waals surface area contributed by atoms with Crippen molar-refractivity contribution in [3.05, 3.63) is 29.3 Å². The molecule has 3 rings (SSSR count). The van der Waals surface area contributed by atoms with Gasteiger partial charge in [-0.1, -0.05) is 0 Å². The van der Waals surface area contributed by atoms with E-state index in [1.807, 2.05) is 24.0 Å². The van der Waals surface area contributed by atoms with Gasteiger partial charge in [-0.2, -0.15) is 0 Å². The summed E-state index contributed by atoms with van der Waals surface area (Å²) in [6.45, 7) is 5.09. The molecule has 7 nitrogen and oxygen atoms in total. The minimum Gasteiger partial charge on any atom is -0.491 e. The first-order valence-electron chi connectivity index (χ1n) is 9.51. The molecule has 1 aromatic carbocycles. The van der Waals surface area contributed by atoms with E-state index in [4.69, 9.17) is 14.2 Å². The summed E-state index contributed by atoms with van der Waals surface area (Å²) in [6.07, 6.45) is 1.52. The van der Waals surface area contributed by atoms with E-state index in [0.29, 0.717) is 45.1 Å². The number of amides is 2. The lowest BCUT2D eigenvalue weighted by Gasteiger charge is -2.32. The maximum Gasteiger partial charge on any atom is 0.251 e. The third-order valence-electron chi connectivity index (χ3n) is 5.12. The summed E-state index contributed by atoms with van der Waals surface area (Å²) >= 11 is 0. The fourth-order valence-corrected chi connectivity index (χ4v) is 3.47. The molecule has 0 aromatic heterocycles. The summed E-state index contributed by atoms with van der Waals surface area (Å²) in [4.78, 5) is 27.2. The number of carbonyl (C=O) groups excluding carboxylic acids is 2. The molecular formula is C20H28N2O5. The van der Waals surface area contributed by atoms with Gasteiger partial charge in [-0.3, -0.25) is 9.59 Å². The van der Waals surface area contributed by atoms with Crippen molar-refractivity contribution in [1.29, 1.82) is 0 Å². The molecule has 2 amide bonds. The molecule has 0 spiro atoms. The van der Waals surface area contributed by atoms with Gasteiger partial charge < -0.3 is 24.4 Å². The molecule has 7 heteroatoms. The lowest BCUT2D eigenvalue weighted by atomic mass is 9.97. The van der Waals surface area contributed by atoms with Gasteiger partial charge in [-0.05, 0) is 38.0 Å². The highest BCUT2D eigenvalue weighted by molar-refractivity contribution is 5.94. The maximum atomic E-state index is 13.0. The number of benzene rings is 1. The quantitative estimate of drug-likeness (QED) is 0.790. The van der Waals surface area contributed by atoms with E-state index in [-0.39, 0.29) is 23.8 Å². The molecule has 0 radical (unpaired) electrons. The Morgan fingerprint density at radius 2 is 2.07 bits per heavy atom. The molecule has 2 aliphatic heterocycles. The predicted octanol–water partition coefficient (Wildman–Crippen LogP) is 1.60. The van der Waals surface area contributed by atoms with Gasteiger partial charge in [0.15, 0.2) is 0 Å². The van der Waals surface area contributed by atoms with Crippen LogP contribution in [0.4, 0.5) is 0 Å². The van der Waals surface area contributed by atoms with Gasteiger partial charge in [0, 0.05) is 50.5 Å². The third-order valence-corrected chi connectivity index (χ3v) is 5.12. The van der Waals surface area contributed by atoms with Crippen LogP contribution in [-0.2, 0) is 20.8 Å². The number of rotatable bonds is 5. The topological polar surface area (TPSA) is 77.1 Å². The second-order valence-corrected chi connectivity index (χ2v) is 7.08. The zero-order valence-corrected chi connectivity index (χ0v) is 16.0. The number of ether oxygens (including phenoxy) is 3. The van der Waals surface area contributed by atoms with Crippen LogP contribution < -0.4 is 10.1 Å². The van der Waals surface area contributed by atoms with Crippen molar-refractivity contribution in [2.45, 2.75) is 32.4 Å². The summed E-state index contributed by atoms with van der Waals surface area (Å²) in [6, 6.07) is 5.36. The molecule has 1 N–H and O–H groups in total. The van der Waals surface area contributed by atoms with Gasteiger partial charge in [0.2, 0.25) is 5.91 Å². The highest BCUT2D eigenvalue weighted by atomic mass is 16.5. The Morgan fingerprint density at radius 1 is 1.30 bits per heavy atom. The largest absolute Gasteiger partial charge is 0.491 e. The van der Waals surface area contributed by atoms with E-state index in [2.05, 4.69) is 5.32 Å². The fraction of sp³-hybridized carbons (Fsp3) is 0.600. The predicted molar refractivity (Wildman–Crippen MR) is 99.7 cm³/mol. The Labute approximate surface area is 160 Å². The standard InChI is InChI=1S/C20H28N2O5/c1-14-13-27-18-4-3-16(19(23)21-7-10-25-2)11-17(18)12-22(14)20(24)15-5-8-26-9-6-15/h3-4,11,14-15H,5-10,12-13H2,1-2H3,(H,21,23)/t14-/m0/s1. The van der Waals surface area contributed by atoms with Crippen LogP contribution in [0.15, 0.2) is 18.2 Å². The zero-order chi connectivity index (χ0) is 19.2. The van der Waals surface area contributed by atoms with Crippen LogP contribution in [0.1, 0.15) is 35.7 Å². The Kier molecular flexibility index (Phi) is 6.68. The van der Waals surface area contributed by atoms with Crippen LogP contribution in [0.2, 0.25) is 0 Å². The molecule has 2 heterocycles. The van der Waals surface area contributed by atoms with Gasteiger partial charge in [-0.15, -0.1) is 0 Å². The van der Waals surface area contributed by atoms with Crippen LogP contribution >= 0.6 is 0 Å². The summed E-state index contributed by atoms with van der Waals surface area (Å²) in [5.41, 5.74) is 1.42. The lowest BCUT2D eigenvalue weighted by Crippen LogP contribution is -2.44. The highest BCUT2D eigenvalue weighted by Crippen LogP contribution is 2.28. The normalized spacial score (nSPS) is 20.4. The summed E-state index contributed by atoms with van der Waals surface area (Å²) in [5, 5.41) is 2.82. The molecule has 148 valence electrons. The monoisotopic (exact) mass is 376 g/mol. The van der Waals surface area contributed by atoms with Crippen LogP contribution in [0.25, 0.3) is 0 Å². The zero-order valence-electron chi connectivity index (χ0n) is 16.0. The fourth-order valence-electron chi connectivity index (χ4n) is 3.47. The van der Waals surface area contributed by atoms with Gasteiger partial charge in [0.25, 0.3) is 5.91 Å². The minimum atomic E-state index is -0.158. The Morgan fingerprint density at radius 3 is 2.81 bits per heavy atom. The molecule has 0 bridgehead atoms. The first-order chi connectivity index (χ1) is 13.1. The summed E-state index contributed by atoms with van der Waals surface area (Å²) in [5.74, 6) is 0.729. The molecule has 0 aliphatic carbocycles. The third kappa shape index (κ3) is 4.78. The molecule has 1 aromatic rings. The number of fused-ring (bicyclic) bond motifs is 1. The van der Waals surface area contributed by atoms with Gasteiger partial charge >= 0.3 is 0 Å². The van der Waals surface area contributed by atoms with Crippen molar-refractivity contribution in [2.75, 3.05) is 40.1 Å². The Balaban J connectivity index is 1.75. The SMILES string of the molecule is COCCNC(=O)c1ccc2c(c1)CN(C(=O)C1CCOCC1)[C@@H](C)CO2. The van der Waals surface area contributed by atoms with E-state index >= 15 is 0 Å². The van der Waals surface area contributed by atoms with Crippen LogP contribution in [-0.4, -0.2) is 62.8 Å². The molecule has 27 heavy (non-hydrogen) atoms. The van der Waals surface area contributed by atoms with Crippen LogP contribution in [0.5, 0.6) is 5.75 Å². The number of hydrogen-bond acceptors (Lipinski definition) is 5. The maximum absolute atomic E-state index is 13.0. The number of nitrogens with zero attached hydrogens (tertiary/aromatic N) is 1. The number of nitrogens with one attached hydrogen (secondary N) is 1.